The number of methoxy groups -OCH3 is 2. The van der Waals surface area contributed by atoms with Crippen molar-refractivity contribution in [2.24, 2.45) is 5.73 Å². The first-order valence-electron chi connectivity index (χ1n) is 6.97. The second-order valence-electron chi connectivity index (χ2n) is 5.04. The SMILES string of the molecule is COCc1nc2c([nH]1)C(c1cccc(OC)c1)C(C#N)=C(N)O2. The molecule has 1 aromatic carbocycles. The van der Waals surface area contributed by atoms with Crippen molar-refractivity contribution in [1.82, 2.24) is 9.97 Å². The number of ether oxygens (including phenoxy) is 3. The number of rotatable bonds is 4. The molecule has 2 heterocycles. The van der Waals surface area contributed by atoms with Crippen LogP contribution in [0.1, 0.15) is 23.0 Å². The van der Waals surface area contributed by atoms with Crippen molar-refractivity contribution in [3.05, 3.63) is 52.8 Å². The average molecular weight is 312 g/mol. The smallest absolute Gasteiger partial charge is 0.243 e. The lowest BCUT2D eigenvalue weighted by molar-refractivity contribution is 0.178. The summed E-state index contributed by atoms with van der Waals surface area (Å²) in [5, 5.41) is 9.50. The van der Waals surface area contributed by atoms with Crippen LogP contribution in [0.4, 0.5) is 0 Å². The number of nitriles is 1. The number of H-pyrrole nitrogens is 1. The number of fused-ring (bicyclic) bond motifs is 1. The van der Waals surface area contributed by atoms with Gasteiger partial charge in [0, 0.05) is 7.11 Å². The Bertz CT molecular complexity index is 804. The van der Waals surface area contributed by atoms with Gasteiger partial charge < -0.3 is 24.9 Å². The normalized spacial score (nSPS) is 16.5. The predicted molar refractivity (Wildman–Crippen MR) is 81.6 cm³/mol. The van der Waals surface area contributed by atoms with Gasteiger partial charge in [0.2, 0.25) is 11.8 Å². The summed E-state index contributed by atoms with van der Waals surface area (Å²) in [6.45, 7) is 0.309. The third kappa shape index (κ3) is 2.60. The minimum absolute atomic E-state index is 0.0586. The molecule has 3 rings (SSSR count). The lowest BCUT2D eigenvalue weighted by atomic mass is 9.88. The summed E-state index contributed by atoms with van der Waals surface area (Å²) in [6, 6.07) is 9.60. The van der Waals surface area contributed by atoms with Crippen molar-refractivity contribution in [1.29, 1.82) is 5.26 Å². The molecule has 0 fully saturated rings. The molecule has 118 valence electrons. The first-order chi connectivity index (χ1) is 11.2. The number of aromatic nitrogens is 2. The molecule has 1 aliphatic heterocycles. The molecule has 0 spiro atoms. The van der Waals surface area contributed by atoms with Gasteiger partial charge in [0.05, 0.1) is 18.7 Å². The second-order valence-corrected chi connectivity index (χ2v) is 5.04. The molecule has 0 radical (unpaired) electrons. The van der Waals surface area contributed by atoms with Gasteiger partial charge in [0.25, 0.3) is 0 Å². The number of hydrogen-bond acceptors (Lipinski definition) is 6. The topological polar surface area (TPSA) is 106 Å². The third-order valence-electron chi connectivity index (χ3n) is 3.62. The van der Waals surface area contributed by atoms with Crippen molar-refractivity contribution in [2.45, 2.75) is 12.5 Å². The van der Waals surface area contributed by atoms with Crippen LogP contribution in [-0.4, -0.2) is 24.2 Å². The van der Waals surface area contributed by atoms with Gasteiger partial charge in [-0.15, -0.1) is 0 Å². The van der Waals surface area contributed by atoms with Gasteiger partial charge in [-0.25, -0.2) is 0 Å². The van der Waals surface area contributed by atoms with Crippen molar-refractivity contribution < 1.29 is 14.2 Å². The van der Waals surface area contributed by atoms with E-state index in [1.54, 1.807) is 14.2 Å². The Morgan fingerprint density at radius 3 is 2.96 bits per heavy atom. The molecule has 0 aliphatic carbocycles. The largest absolute Gasteiger partial charge is 0.497 e. The molecule has 23 heavy (non-hydrogen) atoms. The number of aromatic amines is 1. The number of nitrogens with one attached hydrogen (secondary N) is 1. The van der Waals surface area contributed by atoms with Gasteiger partial charge in [-0.3, -0.25) is 0 Å². The molecule has 1 unspecified atom stereocenters. The first kappa shape index (κ1) is 14.9. The molecule has 0 bridgehead atoms. The van der Waals surface area contributed by atoms with Gasteiger partial charge in [0.1, 0.15) is 29.8 Å². The molecule has 1 aliphatic rings. The maximum atomic E-state index is 9.50. The van der Waals surface area contributed by atoms with E-state index in [-0.39, 0.29) is 5.88 Å². The van der Waals surface area contributed by atoms with Crippen LogP contribution in [0.3, 0.4) is 0 Å². The monoisotopic (exact) mass is 312 g/mol. The zero-order valence-electron chi connectivity index (χ0n) is 12.8. The van der Waals surface area contributed by atoms with Gasteiger partial charge in [-0.1, -0.05) is 12.1 Å². The number of hydrogen-bond donors (Lipinski definition) is 2. The predicted octanol–water partition coefficient (Wildman–Crippen LogP) is 1.78. The molecule has 1 aromatic heterocycles. The standard InChI is InChI=1S/C16H16N4O3/c1-21-8-12-19-14-13(9-4-3-5-10(6-9)22-2)11(7-17)15(18)23-16(14)20-12/h3-6,13H,8,18H2,1-2H3,(H,19,20). The Kier molecular flexibility index (Phi) is 3.91. The fourth-order valence-electron chi connectivity index (χ4n) is 2.62. The van der Waals surface area contributed by atoms with E-state index in [1.807, 2.05) is 24.3 Å². The number of allylic oxidation sites excluding steroid dienone is 1. The lowest BCUT2D eigenvalue weighted by Crippen LogP contribution is -2.21. The highest BCUT2D eigenvalue weighted by atomic mass is 16.5. The molecular formula is C16H16N4O3. The fourth-order valence-corrected chi connectivity index (χ4v) is 2.62. The molecule has 0 amide bonds. The molecule has 7 nitrogen and oxygen atoms in total. The molecular weight excluding hydrogens is 296 g/mol. The Balaban J connectivity index is 2.14. The zero-order valence-corrected chi connectivity index (χ0v) is 12.8. The van der Waals surface area contributed by atoms with Gasteiger partial charge >= 0.3 is 0 Å². The quantitative estimate of drug-likeness (QED) is 0.891. The number of benzene rings is 1. The molecule has 7 heteroatoms. The molecule has 1 atom stereocenters. The van der Waals surface area contributed by atoms with Gasteiger partial charge in [0.15, 0.2) is 0 Å². The minimum Gasteiger partial charge on any atom is -0.497 e. The Morgan fingerprint density at radius 1 is 1.43 bits per heavy atom. The Hall–Kier alpha value is -2.98. The highest BCUT2D eigenvalue weighted by Crippen LogP contribution is 2.41. The van der Waals surface area contributed by atoms with Gasteiger partial charge in [-0.2, -0.15) is 10.2 Å². The Morgan fingerprint density at radius 2 is 2.26 bits per heavy atom. The number of nitrogens with zero attached hydrogens (tertiary/aromatic N) is 2. The van der Waals surface area contributed by atoms with Crippen LogP contribution in [-0.2, 0) is 11.3 Å². The number of imidazole rings is 1. The average Bonchev–Trinajstić information content (AvgIpc) is 2.95. The van der Waals surface area contributed by atoms with E-state index >= 15 is 0 Å². The van der Waals surface area contributed by atoms with E-state index in [0.717, 1.165) is 5.56 Å². The Labute approximate surface area is 133 Å². The van der Waals surface area contributed by atoms with Crippen molar-refractivity contribution in [2.75, 3.05) is 14.2 Å². The van der Waals surface area contributed by atoms with Crippen LogP contribution < -0.4 is 15.2 Å². The number of nitrogens with two attached hydrogens (primary N) is 1. The van der Waals surface area contributed by atoms with E-state index in [4.69, 9.17) is 19.9 Å². The molecule has 0 saturated heterocycles. The summed E-state index contributed by atoms with van der Waals surface area (Å²) < 4.78 is 15.8. The van der Waals surface area contributed by atoms with Crippen LogP contribution in [0.15, 0.2) is 35.7 Å². The zero-order chi connectivity index (χ0) is 16.4. The highest BCUT2D eigenvalue weighted by molar-refractivity contribution is 5.52. The van der Waals surface area contributed by atoms with Crippen LogP contribution in [0, 0.1) is 11.3 Å². The van der Waals surface area contributed by atoms with E-state index in [9.17, 15) is 5.26 Å². The van der Waals surface area contributed by atoms with Crippen LogP contribution in [0.2, 0.25) is 0 Å². The van der Waals surface area contributed by atoms with E-state index in [2.05, 4.69) is 16.0 Å². The molecule has 2 aromatic rings. The summed E-state index contributed by atoms with van der Waals surface area (Å²) >= 11 is 0. The maximum absolute atomic E-state index is 9.50. The summed E-state index contributed by atoms with van der Waals surface area (Å²) in [7, 11) is 3.17. The second kappa shape index (κ2) is 6.02. The van der Waals surface area contributed by atoms with Crippen LogP contribution >= 0.6 is 0 Å². The lowest BCUT2D eigenvalue weighted by Gasteiger charge is -2.22. The maximum Gasteiger partial charge on any atom is 0.243 e. The summed E-state index contributed by atoms with van der Waals surface area (Å²) in [5.41, 5.74) is 7.78. The van der Waals surface area contributed by atoms with E-state index in [1.165, 1.54) is 0 Å². The van der Waals surface area contributed by atoms with Crippen LogP contribution in [0.25, 0.3) is 0 Å². The fraction of sp³-hybridized carbons (Fsp3) is 0.250. The van der Waals surface area contributed by atoms with Crippen molar-refractivity contribution in [3.63, 3.8) is 0 Å². The third-order valence-corrected chi connectivity index (χ3v) is 3.62. The summed E-state index contributed by atoms with van der Waals surface area (Å²) in [6.07, 6.45) is 0. The van der Waals surface area contributed by atoms with E-state index in [0.29, 0.717) is 35.3 Å². The summed E-state index contributed by atoms with van der Waals surface area (Å²) in [4.78, 5) is 7.48. The van der Waals surface area contributed by atoms with E-state index < -0.39 is 5.92 Å². The van der Waals surface area contributed by atoms with Crippen molar-refractivity contribution in [3.8, 4) is 17.7 Å². The highest BCUT2D eigenvalue weighted by Gasteiger charge is 2.33. The summed E-state index contributed by atoms with van der Waals surface area (Å²) in [5.74, 6) is 1.34. The minimum atomic E-state index is -0.392. The van der Waals surface area contributed by atoms with Crippen LogP contribution in [0.5, 0.6) is 11.6 Å². The molecule has 3 N–H and O–H groups in total. The first-order valence-corrected chi connectivity index (χ1v) is 6.97. The van der Waals surface area contributed by atoms with Gasteiger partial charge in [-0.05, 0) is 17.7 Å². The molecule has 0 saturated carbocycles. The van der Waals surface area contributed by atoms with Crippen molar-refractivity contribution >= 4 is 0 Å².